The largest absolute Gasteiger partial charge is 0.383 e. The van der Waals surface area contributed by atoms with E-state index < -0.39 is 0 Å². The van der Waals surface area contributed by atoms with Crippen LogP contribution in [0.25, 0.3) is 0 Å². The molecule has 26 heavy (non-hydrogen) atoms. The second-order valence-electron chi connectivity index (χ2n) is 8.01. The van der Waals surface area contributed by atoms with Gasteiger partial charge in [0, 0.05) is 65.2 Å². The molecular weight excluding hydrogens is 330 g/mol. The maximum atomic E-state index is 12.9. The van der Waals surface area contributed by atoms with Gasteiger partial charge in [-0.25, -0.2) is 9.97 Å². The van der Waals surface area contributed by atoms with Crippen molar-refractivity contribution in [3.05, 3.63) is 18.0 Å². The molecule has 4 rings (SSSR count). The number of anilines is 1. The quantitative estimate of drug-likeness (QED) is 0.792. The Balaban J connectivity index is 1.48. The van der Waals surface area contributed by atoms with Crippen molar-refractivity contribution in [2.75, 3.05) is 58.4 Å². The molecule has 0 saturated carbocycles. The molecule has 142 valence electrons. The molecule has 3 fully saturated rings. The molecule has 1 amide bonds. The molecule has 1 spiro atoms. The first-order chi connectivity index (χ1) is 12.5. The normalized spacial score (nSPS) is 28.2. The van der Waals surface area contributed by atoms with Gasteiger partial charge in [0.2, 0.25) is 11.9 Å². The number of nitrogens with zero attached hydrogens (tertiary/aromatic N) is 5. The summed E-state index contributed by atoms with van der Waals surface area (Å²) in [7, 11) is 3.75. The molecular formula is C19H29N5O2. The molecule has 0 unspecified atom stereocenters. The van der Waals surface area contributed by atoms with E-state index in [4.69, 9.17) is 4.74 Å². The fraction of sp³-hybridized carbons (Fsp3) is 0.737. The summed E-state index contributed by atoms with van der Waals surface area (Å²) in [5.41, 5.74) is 1.07. The van der Waals surface area contributed by atoms with Gasteiger partial charge in [0.1, 0.15) is 0 Å². The number of likely N-dealkylation sites (tertiary alicyclic amines) is 2. The van der Waals surface area contributed by atoms with E-state index in [2.05, 4.69) is 24.7 Å². The zero-order valence-corrected chi connectivity index (χ0v) is 16.0. The highest BCUT2D eigenvalue weighted by atomic mass is 16.5. The summed E-state index contributed by atoms with van der Waals surface area (Å²) >= 11 is 0. The Morgan fingerprint density at radius 1 is 1.23 bits per heavy atom. The molecule has 0 radical (unpaired) electrons. The number of carbonyl (C=O) groups is 1. The molecule has 7 nitrogen and oxygen atoms in total. The van der Waals surface area contributed by atoms with Gasteiger partial charge in [-0.2, -0.15) is 0 Å². The third-order valence-electron chi connectivity index (χ3n) is 6.69. The first kappa shape index (κ1) is 17.7. The number of aryl methyl sites for hydroxylation is 1. The SMILES string of the molecule is COCCN1C[C@H]2C(=O)N(C)C3(CCN(c4ncc(C)cn4)CC3)[C@H]2C1. The smallest absolute Gasteiger partial charge is 0.227 e. The average Bonchev–Trinajstić information content (AvgIpc) is 3.17. The standard InChI is InChI=1S/C19H29N5O2/c1-14-10-20-18(21-11-14)24-6-4-19(5-7-24)16-13-23(8-9-26-3)12-15(16)17(25)22(19)2/h10-11,15-16H,4-9,12-13H2,1-3H3/t15-,16+/m1/s1. The van der Waals surface area contributed by atoms with Crippen LogP contribution < -0.4 is 4.90 Å². The molecule has 0 N–H and O–H groups in total. The first-order valence-corrected chi connectivity index (χ1v) is 9.58. The fourth-order valence-electron chi connectivity index (χ4n) is 5.15. The minimum atomic E-state index is -0.00916. The Morgan fingerprint density at radius 3 is 2.58 bits per heavy atom. The first-order valence-electron chi connectivity index (χ1n) is 9.58. The maximum absolute atomic E-state index is 12.9. The van der Waals surface area contributed by atoms with E-state index >= 15 is 0 Å². The molecule has 1 aromatic heterocycles. The van der Waals surface area contributed by atoms with E-state index in [1.165, 1.54) is 0 Å². The predicted octanol–water partition coefficient (Wildman–Crippen LogP) is 0.790. The number of hydrogen-bond acceptors (Lipinski definition) is 6. The summed E-state index contributed by atoms with van der Waals surface area (Å²) < 4.78 is 5.22. The second-order valence-corrected chi connectivity index (χ2v) is 8.01. The lowest BCUT2D eigenvalue weighted by atomic mass is 9.75. The van der Waals surface area contributed by atoms with Crippen LogP contribution >= 0.6 is 0 Å². The van der Waals surface area contributed by atoms with Crippen LogP contribution in [0.4, 0.5) is 5.95 Å². The highest BCUT2D eigenvalue weighted by molar-refractivity contribution is 5.83. The number of methoxy groups -OCH3 is 1. The number of piperidine rings is 1. The molecule has 3 saturated heterocycles. The van der Waals surface area contributed by atoms with E-state index in [0.717, 1.165) is 63.7 Å². The van der Waals surface area contributed by atoms with E-state index in [0.29, 0.717) is 11.8 Å². The van der Waals surface area contributed by atoms with Crippen LogP contribution in [0.15, 0.2) is 12.4 Å². The summed E-state index contributed by atoms with van der Waals surface area (Å²) in [6.07, 6.45) is 5.73. The van der Waals surface area contributed by atoms with Gasteiger partial charge in [-0.3, -0.25) is 9.69 Å². The monoisotopic (exact) mass is 359 g/mol. The maximum Gasteiger partial charge on any atom is 0.227 e. The molecule has 1 aromatic rings. The minimum Gasteiger partial charge on any atom is -0.383 e. The molecule has 3 aliphatic rings. The number of carbonyl (C=O) groups excluding carboxylic acids is 1. The lowest BCUT2D eigenvalue weighted by Crippen LogP contribution is -2.56. The molecule has 0 bridgehead atoms. The van der Waals surface area contributed by atoms with Crippen molar-refractivity contribution in [1.29, 1.82) is 0 Å². The molecule has 2 atom stereocenters. The molecule has 7 heteroatoms. The van der Waals surface area contributed by atoms with Crippen molar-refractivity contribution in [3.8, 4) is 0 Å². The van der Waals surface area contributed by atoms with E-state index in [-0.39, 0.29) is 11.5 Å². The van der Waals surface area contributed by atoms with Crippen LogP contribution in [0, 0.1) is 18.8 Å². The summed E-state index contributed by atoms with van der Waals surface area (Å²) in [5, 5.41) is 0. The molecule has 0 aliphatic carbocycles. The number of hydrogen-bond donors (Lipinski definition) is 0. The minimum absolute atomic E-state index is 0.00916. The van der Waals surface area contributed by atoms with E-state index in [1.807, 2.05) is 26.4 Å². The van der Waals surface area contributed by atoms with Gasteiger partial charge >= 0.3 is 0 Å². The highest BCUT2D eigenvalue weighted by Gasteiger charge is 2.60. The van der Waals surface area contributed by atoms with Crippen LogP contribution in [0.5, 0.6) is 0 Å². The molecule has 3 aliphatic heterocycles. The number of ether oxygens (including phenoxy) is 1. The van der Waals surface area contributed by atoms with E-state index in [1.54, 1.807) is 7.11 Å². The van der Waals surface area contributed by atoms with Crippen LogP contribution in [0.3, 0.4) is 0 Å². The summed E-state index contributed by atoms with van der Waals surface area (Å²) in [6.45, 7) is 7.34. The van der Waals surface area contributed by atoms with Gasteiger partial charge in [-0.05, 0) is 25.3 Å². The van der Waals surface area contributed by atoms with Gasteiger partial charge in [0.05, 0.1) is 18.1 Å². The summed E-state index contributed by atoms with van der Waals surface area (Å²) in [4.78, 5) is 28.6. The predicted molar refractivity (Wildman–Crippen MR) is 99.0 cm³/mol. The van der Waals surface area contributed by atoms with Gasteiger partial charge < -0.3 is 14.5 Å². The second kappa shape index (κ2) is 6.78. The van der Waals surface area contributed by atoms with Gasteiger partial charge in [-0.15, -0.1) is 0 Å². The Hall–Kier alpha value is -1.73. The van der Waals surface area contributed by atoms with Crippen LogP contribution in [-0.2, 0) is 9.53 Å². The summed E-state index contributed by atoms with van der Waals surface area (Å²) in [6, 6.07) is 0. The van der Waals surface area contributed by atoms with Gasteiger partial charge in [0.25, 0.3) is 0 Å². The van der Waals surface area contributed by atoms with Crippen LogP contribution in [0.1, 0.15) is 18.4 Å². The lowest BCUT2D eigenvalue weighted by Gasteiger charge is -2.46. The van der Waals surface area contributed by atoms with E-state index in [9.17, 15) is 4.79 Å². The van der Waals surface area contributed by atoms with Crippen molar-refractivity contribution in [1.82, 2.24) is 19.8 Å². The Morgan fingerprint density at radius 2 is 1.92 bits per heavy atom. The fourth-order valence-corrected chi connectivity index (χ4v) is 5.15. The topological polar surface area (TPSA) is 61.8 Å². The van der Waals surface area contributed by atoms with Crippen molar-refractivity contribution in [2.45, 2.75) is 25.3 Å². The van der Waals surface area contributed by atoms with Crippen LogP contribution in [0.2, 0.25) is 0 Å². The van der Waals surface area contributed by atoms with Crippen molar-refractivity contribution >= 4 is 11.9 Å². The Bertz CT molecular complexity index is 656. The Labute approximate surface area is 155 Å². The van der Waals surface area contributed by atoms with Crippen molar-refractivity contribution in [3.63, 3.8) is 0 Å². The highest BCUT2D eigenvalue weighted by Crippen LogP contribution is 2.49. The van der Waals surface area contributed by atoms with Crippen molar-refractivity contribution < 1.29 is 9.53 Å². The Kier molecular flexibility index (Phi) is 4.61. The number of rotatable bonds is 4. The third kappa shape index (κ3) is 2.77. The lowest BCUT2D eigenvalue weighted by molar-refractivity contribution is -0.133. The van der Waals surface area contributed by atoms with Gasteiger partial charge in [-0.1, -0.05) is 0 Å². The van der Waals surface area contributed by atoms with Gasteiger partial charge in [0.15, 0.2) is 0 Å². The number of amides is 1. The zero-order valence-electron chi connectivity index (χ0n) is 16.0. The molecule has 4 heterocycles. The molecule has 0 aromatic carbocycles. The van der Waals surface area contributed by atoms with Crippen LogP contribution in [-0.4, -0.2) is 84.7 Å². The van der Waals surface area contributed by atoms with Crippen molar-refractivity contribution in [2.24, 2.45) is 11.8 Å². The number of aromatic nitrogens is 2. The average molecular weight is 359 g/mol. The number of fused-ring (bicyclic) bond motifs is 2. The summed E-state index contributed by atoms with van der Waals surface area (Å²) in [5.74, 6) is 1.72. The zero-order chi connectivity index (χ0) is 18.3. The third-order valence-corrected chi connectivity index (χ3v) is 6.69.